The van der Waals surface area contributed by atoms with Crippen molar-refractivity contribution in [2.45, 2.75) is 18.6 Å². The van der Waals surface area contributed by atoms with E-state index in [1.807, 2.05) is 6.92 Å². The van der Waals surface area contributed by atoms with Crippen LogP contribution in [0.15, 0.2) is 33.9 Å². The van der Waals surface area contributed by atoms with Gasteiger partial charge in [0.1, 0.15) is 5.82 Å². The van der Waals surface area contributed by atoms with Crippen molar-refractivity contribution < 1.29 is 13.6 Å². The van der Waals surface area contributed by atoms with E-state index in [0.29, 0.717) is 23.1 Å². The fourth-order valence-corrected chi connectivity index (χ4v) is 1.96. The number of Topliss-reactive ketones (excluding diaryl/α,β-unsaturated/α-hetero) is 1. The van der Waals surface area contributed by atoms with Gasteiger partial charge in [0.15, 0.2) is 5.78 Å². The second-order valence-electron chi connectivity index (χ2n) is 3.53. The molecule has 0 spiro atoms. The lowest BCUT2D eigenvalue weighted by Gasteiger charge is -1.98. The predicted octanol–water partition coefficient (Wildman–Crippen LogP) is 2.75. The third kappa shape index (κ3) is 3.16. The average Bonchev–Trinajstić information content (AvgIpc) is 2.85. The van der Waals surface area contributed by atoms with Gasteiger partial charge in [-0.2, -0.15) is 0 Å². The van der Waals surface area contributed by atoms with E-state index in [0.717, 1.165) is 0 Å². The SMILES string of the molecule is CCc1nnc(SCC(=O)c2ccc(F)cc2)o1. The highest BCUT2D eigenvalue weighted by atomic mass is 32.2. The van der Waals surface area contributed by atoms with Crippen molar-refractivity contribution >= 4 is 17.5 Å². The zero-order valence-corrected chi connectivity index (χ0v) is 10.5. The highest BCUT2D eigenvalue weighted by Crippen LogP contribution is 2.18. The molecule has 2 rings (SSSR count). The lowest BCUT2D eigenvalue weighted by atomic mass is 10.1. The summed E-state index contributed by atoms with van der Waals surface area (Å²) in [5, 5.41) is 7.98. The summed E-state index contributed by atoms with van der Waals surface area (Å²) in [5.74, 6) is 0.281. The number of ketones is 1. The first-order valence-corrected chi connectivity index (χ1v) is 6.41. The topological polar surface area (TPSA) is 56.0 Å². The van der Waals surface area contributed by atoms with Gasteiger partial charge in [-0.3, -0.25) is 4.79 Å². The van der Waals surface area contributed by atoms with Crippen molar-refractivity contribution in [3.63, 3.8) is 0 Å². The number of rotatable bonds is 5. The van der Waals surface area contributed by atoms with E-state index in [-0.39, 0.29) is 17.4 Å². The molecular formula is C12H11FN2O2S. The van der Waals surface area contributed by atoms with Crippen LogP contribution < -0.4 is 0 Å². The van der Waals surface area contributed by atoms with Gasteiger partial charge in [-0.05, 0) is 24.3 Å². The van der Waals surface area contributed by atoms with Gasteiger partial charge < -0.3 is 4.42 Å². The summed E-state index contributed by atoms with van der Waals surface area (Å²) in [5.41, 5.74) is 0.471. The van der Waals surface area contributed by atoms with Crippen LogP contribution in [-0.2, 0) is 6.42 Å². The van der Waals surface area contributed by atoms with E-state index in [4.69, 9.17) is 4.42 Å². The minimum Gasteiger partial charge on any atom is -0.416 e. The Balaban J connectivity index is 1.93. The minimum absolute atomic E-state index is 0.101. The molecule has 18 heavy (non-hydrogen) atoms. The summed E-state index contributed by atoms with van der Waals surface area (Å²) in [6, 6.07) is 5.45. The average molecular weight is 266 g/mol. The molecule has 0 aliphatic carbocycles. The molecule has 1 aromatic carbocycles. The molecule has 0 atom stereocenters. The predicted molar refractivity (Wildman–Crippen MR) is 65.1 cm³/mol. The van der Waals surface area contributed by atoms with Gasteiger partial charge in [-0.15, -0.1) is 10.2 Å². The number of hydrogen-bond acceptors (Lipinski definition) is 5. The second kappa shape index (κ2) is 5.77. The maximum absolute atomic E-state index is 12.7. The molecular weight excluding hydrogens is 255 g/mol. The molecule has 4 nitrogen and oxygen atoms in total. The summed E-state index contributed by atoms with van der Waals surface area (Å²) in [6.07, 6.45) is 0.666. The van der Waals surface area contributed by atoms with Gasteiger partial charge in [0.2, 0.25) is 5.89 Å². The number of benzene rings is 1. The molecule has 1 heterocycles. The number of halogens is 1. The van der Waals surface area contributed by atoms with E-state index in [1.54, 1.807) is 0 Å². The number of nitrogens with zero attached hydrogens (tertiary/aromatic N) is 2. The Labute approximate surface area is 108 Å². The van der Waals surface area contributed by atoms with Gasteiger partial charge in [-0.1, -0.05) is 18.7 Å². The van der Waals surface area contributed by atoms with E-state index >= 15 is 0 Å². The van der Waals surface area contributed by atoms with Gasteiger partial charge in [0, 0.05) is 12.0 Å². The Bertz CT molecular complexity index is 539. The quantitative estimate of drug-likeness (QED) is 0.615. The molecule has 0 fully saturated rings. The van der Waals surface area contributed by atoms with Crippen LogP contribution in [0.3, 0.4) is 0 Å². The van der Waals surface area contributed by atoms with Crippen LogP contribution in [0, 0.1) is 5.82 Å². The van der Waals surface area contributed by atoms with E-state index in [9.17, 15) is 9.18 Å². The summed E-state index contributed by atoms with van der Waals surface area (Å²) in [6.45, 7) is 1.91. The summed E-state index contributed by atoms with van der Waals surface area (Å²) in [4.78, 5) is 11.8. The van der Waals surface area contributed by atoms with Gasteiger partial charge >= 0.3 is 0 Å². The number of thioether (sulfide) groups is 1. The van der Waals surface area contributed by atoms with Crippen LogP contribution in [0.1, 0.15) is 23.2 Å². The van der Waals surface area contributed by atoms with Crippen molar-refractivity contribution in [1.29, 1.82) is 0 Å². The Hall–Kier alpha value is -1.69. The van der Waals surface area contributed by atoms with Gasteiger partial charge in [0.05, 0.1) is 5.75 Å². The summed E-state index contributed by atoms with van der Waals surface area (Å²) in [7, 11) is 0. The molecule has 0 radical (unpaired) electrons. The number of carbonyl (C=O) groups is 1. The largest absolute Gasteiger partial charge is 0.416 e. The molecule has 0 aliphatic rings. The highest BCUT2D eigenvalue weighted by Gasteiger charge is 2.10. The fraction of sp³-hybridized carbons (Fsp3) is 0.250. The number of aromatic nitrogens is 2. The van der Waals surface area contributed by atoms with Gasteiger partial charge in [-0.25, -0.2) is 4.39 Å². The monoisotopic (exact) mass is 266 g/mol. The molecule has 0 aliphatic heterocycles. The first-order valence-electron chi connectivity index (χ1n) is 5.43. The first-order chi connectivity index (χ1) is 8.69. The third-order valence-corrected chi connectivity index (χ3v) is 3.06. The van der Waals surface area contributed by atoms with Crippen LogP contribution in [0.4, 0.5) is 4.39 Å². The summed E-state index contributed by atoms with van der Waals surface area (Å²) < 4.78 is 18.0. The number of carbonyl (C=O) groups excluding carboxylic acids is 1. The Morgan fingerprint density at radius 3 is 2.67 bits per heavy atom. The Morgan fingerprint density at radius 1 is 1.33 bits per heavy atom. The molecule has 0 bridgehead atoms. The fourth-order valence-electron chi connectivity index (χ4n) is 1.29. The molecule has 0 N–H and O–H groups in total. The van der Waals surface area contributed by atoms with Crippen LogP contribution in [-0.4, -0.2) is 21.7 Å². The lowest BCUT2D eigenvalue weighted by Crippen LogP contribution is -2.02. The molecule has 0 saturated carbocycles. The van der Waals surface area contributed by atoms with Crippen molar-refractivity contribution in [3.8, 4) is 0 Å². The Kier molecular flexibility index (Phi) is 4.09. The molecule has 0 saturated heterocycles. The molecule has 0 amide bonds. The maximum atomic E-state index is 12.7. The maximum Gasteiger partial charge on any atom is 0.277 e. The second-order valence-corrected chi connectivity index (χ2v) is 4.46. The molecule has 2 aromatic rings. The number of hydrogen-bond donors (Lipinski definition) is 0. The van der Waals surface area contributed by atoms with Crippen LogP contribution >= 0.6 is 11.8 Å². The van der Waals surface area contributed by atoms with Crippen LogP contribution in [0.5, 0.6) is 0 Å². The van der Waals surface area contributed by atoms with Crippen molar-refractivity contribution in [2.24, 2.45) is 0 Å². The molecule has 6 heteroatoms. The smallest absolute Gasteiger partial charge is 0.277 e. The molecule has 94 valence electrons. The van der Waals surface area contributed by atoms with E-state index in [1.165, 1.54) is 36.0 Å². The minimum atomic E-state index is -0.358. The van der Waals surface area contributed by atoms with Crippen molar-refractivity contribution in [2.75, 3.05) is 5.75 Å². The van der Waals surface area contributed by atoms with Crippen molar-refractivity contribution in [3.05, 3.63) is 41.5 Å². The zero-order valence-electron chi connectivity index (χ0n) is 9.72. The van der Waals surface area contributed by atoms with Crippen molar-refractivity contribution in [1.82, 2.24) is 10.2 Å². The number of aryl methyl sites for hydroxylation is 1. The zero-order chi connectivity index (χ0) is 13.0. The highest BCUT2D eigenvalue weighted by molar-refractivity contribution is 7.99. The molecule has 0 unspecified atom stereocenters. The third-order valence-electron chi connectivity index (χ3n) is 2.24. The lowest BCUT2D eigenvalue weighted by molar-refractivity contribution is 0.102. The normalized spacial score (nSPS) is 10.6. The van der Waals surface area contributed by atoms with Gasteiger partial charge in [0.25, 0.3) is 5.22 Å². The van der Waals surface area contributed by atoms with Crippen LogP contribution in [0.25, 0.3) is 0 Å². The van der Waals surface area contributed by atoms with E-state index in [2.05, 4.69) is 10.2 Å². The first kappa shape index (κ1) is 12.8. The van der Waals surface area contributed by atoms with Crippen LogP contribution in [0.2, 0.25) is 0 Å². The molecule has 1 aromatic heterocycles. The Morgan fingerprint density at radius 2 is 2.06 bits per heavy atom. The standard InChI is InChI=1S/C12H11FN2O2S/c1-2-11-14-15-12(17-11)18-7-10(16)8-3-5-9(13)6-4-8/h3-6H,2,7H2,1H3. The summed E-state index contributed by atoms with van der Waals surface area (Å²) >= 11 is 1.18. The van der Waals surface area contributed by atoms with E-state index < -0.39 is 0 Å².